The summed E-state index contributed by atoms with van der Waals surface area (Å²) < 4.78 is 0. The molecule has 3 aromatic rings. The van der Waals surface area contributed by atoms with Gasteiger partial charge in [0.15, 0.2) is 0 Å². The summed E-state index contributed by atoms with van der Waals surface area (Å²) in [5.74, 6) is 0.182. The van der Waals surface area contributed by atoms with E-state index < -0.39 is 0 Å². The van der Waals surface area contributed by atoms with Gasteiger partial charge in [0.1, 0.15) is 11.4 Å². The molecule has 20 heavy (non-hydrogen) atoms. The highest BCUT2D eigenvalue weighted by Gasteiger charge is 2.08. The first-order valence-corrected chi connectivity index (χ1v) is 6.41. The van der Waals surface area contributed by atoms with Crippen molar-refractivity contribution in [3.8, 4) is 28.3 Å². The molecule has 0 bridgehead atoms. The summed E-state index contributed by atoms with van der Waals surface area (Å²) in [4.78, 5) is 8.65. The predicted molar refractivity (Wildman–Crippen MR) is 79.3 cm³/mol. The second kappa shape index (κ2) is 5.13. The predicted octanol–water partition coefficient (Wildman–Crippen LogP) is 3.82. The van der Waals surface area contributed by atoms with Crippen LogP contribution in [0.25, 0.3) is 22.5 Å². The standard InChI is InChI=1S/C17H14N2O/c1-12-4-6-13(7-5-12)17-16(20)9-8-15(19-17)14-3-2-10-18-11-14/h2-11,20H,1H3. The van der Waals surface area contributed by atoms with E-state index >= 15 is 0 Å². The van der Waals surface area contributed by atoms with Crippen molar-refractivity contribution in [2.24, 2.45) is 0 Å². The first kappa shape index (κ1) is 12.4. The quantitative estimate of drug-likeness (QED) is 0.763. The van der Waals surface area contributed by atoms with Gasteiger partial charge in [-0.05, 0) is 31.2 Å². The monoisotopic (exact) mass is 262 g/mol. The molecule has 0 amide bonds. The average molecular weight is 262 g/mol. The van der Waals surface area contributed by atoms with E-state index in [2.05, 4.69) is 9.97 Å². The van der Waals surface area contributed by atoms with Crippen LogP contribution in [-0.4, -0.2) is 15.1 Å². The van der Waals surface area contributed by atoms with Gasteiger partial charge in [-0.15, -0.1) is 0 Å². The molecule has 1 aromatic carbocycles. The van der Waals surface area contributed by atoms with Gasteiger partial charge in [-0.25, -0.2) is 4.98 Å². The second-order valence-corrected chi connectivity index (χ2v) is 4.67. The van der Waals surface area contributed by atoms with Crippen LogP contribution in [0.1, 0.15) is 5.56 Å². The van der Waals surface area contributed by atoms with Gasteiger partial charge >= 0.3 is 0 Å². The van der Waals surface area contributed by atoms with Crippen molar-refractivity contribution in [1.29, 1.82) is 0 Å². The van der Waals surface area contributed by atoms with Crippen LogP contribution >= 0.6 is 0 Å². The fourth-order valence-electron chi connectivity index (χ4n) is 2.05. The van der Waals surface area contributed by atoms with Crippen LogP contribution in [0.15, 0.2) is 60.9 Å². The Kier molecular flexibility index (Phi) is 3.17. The van der Waals surface area contributed by atoms with E-state index in [4.69, 9.17) is 0 Å². The van der Waals surface area contributed by atoms with Crippen LogP contribution < -0.4 is 0 Å². The van der Waals surface area contributed by atoms with E-state index in [0.29, 0.717) is 5.69 Å². The van der Waals surface area contributed by atoms with E-state index in [9.17, 15) is 5.11 Å². The minimum atomic E-state index is 0.182. The minimum absolute atomic E-state index is 0.182. The van der Waals surface area contributed by atoms with Gasteiger partial charge < -0.3 is 5.11 Å². The highest BCUT2D eigenvalue weighted by Crippen LogP contribution is 2.30. The number of rotatable bonds is 2. The maximum Gasteiger partial charge on any atom is 0.141 e. The number of aromatic nitrogens is 2. The third-order valence-corrected chi connectivity index (χ3v) is 3.16. The molecule has 0 fully saturated rings. The molecular weight excluding hydrogens is 248 g/mol. The zero-order chi connectivity index (χ0) is 13.9. The first-order chi connectivity index (χ1) is 9.74. The number of aromatic hydroxyl groups is 1. The lowest BCUT2D eigenvalue weighted by Gasteiger charge is -2.07. The molecule has 0 aliphatic rings. The number of benzene rings is 1. The molecule has 1 N–H and O–H groups in total. The van der Waals surface area contributed by atoms with Gasteiger partial charge in [0.2, 0.25) is 0 Å². The van der Waals surface area contributed by atoms with Crippen LogP contribution in [0.5, 0.6) is 5.75 Å². The van der Waals surface area contributed by atoms with E-state index in [0.717, 1.165) is 16.8 Å². The van der Waals surface area contributed by atoms with Gasteiger partial charge in [0.25, 0.3) is 0 Å². The summed E-state index contributed by atoms with van der Waals surface area (Å²) in [5, 5.41) is 10.0. The number of hydrogen-bond acceptors (Lipinski definition) is 3. The van der Waals surface area contributed by atoms with E-state index in [1.807, 2.05) is 43.3 Å². The summed E-state index contributed by atoms with van der Waals surface area (Å²) in [7, 11) is 0. The summed E-state index contributed by atoms with van der Waals surface area (Å²) in [6.45, 7) is 2.03. The Morgan fingerprint density at radius 3 is 2.40 bits per heavy atom. The Morgan fingerprint density at radius 2 is 1.70 bits per heavy atom. The third-order valence-electron chi connectivity index (χ3n) is 3.16. The molecule has 2 heterocycles. The van der Waals surface area contributed by atoms with Gasteiger partial charge in [-0.3, -0.25) is 4.98 Å². The Balaban J connectivity index is 2.10. The minimum Gasteiger partial charge on any atom is -0.506 e. The van der Waals surface area contributed by atoms with Crippen LogP contribution in [0, 0.1) is 6.92 Å². The fraction of sp³-hybridized carbons (Fsp3) is 0.0588. The second-order valence-electron chi connectivity index (χ2n) is 4.67. The average Bonchev–Trinajstić information content (AvgIpc) is 2.50. The van der Waals surface area contributed by atoms with Crippen LogP contribution in [0.4, 0.5) is 0 Å². The summed E-state index contributed by atoms with van der Waals surface area (Å²) >= 11 is 0. The summed E-state index contributed by atoms with van der Waals surface area (Å²) in [5.41, 5.74) is 4.40. The molecule has 0 aliphatic carbocycles. The fourth-order valence-corrected chi connectivity index (χ4v) is 2.05. The molecule has 3 rings (SSSR count). The van der Waals surface area contributed by atoms with Crippen molar-refractivity contribution in [2.75, 3.05) is 0 Å². The molecule has 2 aromatic heterocycles. The number of pyridine rings is 2. The largest absolute Gasteiger partial charge is 0.506 e. The number of hydrogen-bond donors (Lipinski definition) is 1. The van der Waals surface area contributed by atoms with Crippen molar-refractivity contribution >= 4 is 0 Å². The Hall–Kier alpha value is -2.68. The van der Waals surface area contributed by atoms with Gasteiger partial charge in [-0.1, -0.05) is 29.8 Å². The maximum atomic E-state index is 10.0. The van der Waals surface area contributed by atoms with E-state index in [-0.39, 0.29) is 5.75 Å². The smallest absolute Gasteiger partial charge is 0.141 e. The highest BCUT2D eigenvalue weighted by atomic mass is 16.3. The van der Waals surface area contributed by atoms with Crippen LogP contribution in [0.2, 0.25) is 0 Å². The Labute approximate surface area is 117 Å². The lowest BCUT2D eigenvalue weighted by molar-refractivity contribution is 0.475. The Morgan fingerprint density at radius 1 is 0.900 bits per heavy atom. The molecule has 0 radical (unpaired) electrons. The molecule has 0 aliphatic heterocycles. The maximum absolute atomic E-state index is 10.0. The molecule has 3 heteroatoms. The summed E-state index contributed by atoms with van der Waals surface area (Å²) in [6.07, 6.45) is 3.49. The topological polar surface area (TPSA) is 46.0 Å². The zero-order valence-electron chi connectivity index (χ0n) is 11.1. The van der Waals surface area contributed by atoms with Crippen molar-refractivity contribution < 1.29 is 5.11 Å². The van der Waals surface area contributed by atoms with Gasteiger partial charge in [0.05, 0.1) is 5.69 Å². The van der Waals surface area contributed by atoms with Crippen molar-refractivity contribution in [3.63, 3.8) is 0 Å². The van der Waals surface area contributed by atoms with E-state index in [1.54, 1.807) is 24.5 Å². The van der Waals surface area contributed by atoms with Crippen LogP contribution in [0.3, 0.4) is 0 Å². The Bertz CT molecular complexity index is 722. The first-order valence-electron chi connectivity index (χ1n) is 6.41. The van der Waals surface area contributed by atoms with Crippen molar-refractivity contribution in [1.82, 2.24) is 9.97 Å². The molecule has 0 spiro atoms. The van der Waals surface area contributed by atoms with Crippen molar-refractivity contribution in [2.45, 2.75) is 6.92 Å². The highest BCUT2D eigenvalue weighted by molar-refractivity contribution is 5.70. The zero-order valence-corrected chi connectivity index (χ0v) is 11.1. The number of aryl methyl sites for hydroxylation is 1. The van der Waals surface area contributed by atoms with Crippen molar-refractivity contribution in [3.05, 3.63) is 66.5 Å². The van der Waals surface area contributed by atoms with Gasteiger partial charge in [0, 0.05) is 23.5 Å². The molecule has 0 saturated heterocycles. The lowest BCUT2D eigenvalue weighted by Crippen LogP contribution is -1.89. The molecule has 3 nitrogen and oxygen atoms in total. The SMILES string of the molecule is Cc1ccc(-c2nc(-c3cccnc3)ccc2O)cc1. The van der Waals surface area contributed by atoms with E-state index in [1.165, 1.54) is 5.56 Å². The molecular formula is C17H14N2O. The molecule has 98 valence electrons. The van der Waals surface area contributed by atoms with Gasteiger partial charge in [-0.2, -0.15) is 0 Å². The third kappa shape index (κ3) is 2.38. The molecule has 0 unspecified atom stereocenters. The molecule has 0 atom stereocenters. The normalized spacial score (nSPS) is 10.4. The summed E-state index contributed by atoms with van der Waals surface area (Å²) in [6, 6.07) is 15.2. The number of nitrogens with zero attached hydrogens (tertiary/aromatic N) is 2. The van der Waals surface area contributed by atoms with Crippen LogP contribution in [-0.2, 0) is 0 Å². The lowest BCUT2D eigenvalue weighted by atomic mass is 10.1. The molecule has 0 saturated carbocycles.